The van der Waals surface area contributed by atoms with Gasteiger partial charge in [-0.25, -0.2) is 0 Å². The van der Waals surface area contributed by atoms with Gasteiger partial charge in [-0.05, 0) is 19.8 Å². The number of unbranched alkanes of at least 4 members (excludes halogenated alkanes) is 3. The summed E-state index contributed by atoms with van der Waals surface area (Å²) in [7, 11) is 0. The Labute approximate surface area is 107 Å². The fourth-order valence-corrected chi connectivity index (χ4v) is 1.96. The normalized spacial score (nSPS) is 18.8. The van der Waals surface area contributed by atoms with Gasteiger partial charge in [-0.1, -0.05) is 19.3 Å². The number of ether oxygens (including phenoxy) is 2. The molecule has 1 heterocycles. The van der Waals surface area contributed by atoms with Crippen molar-refractivity contribution in [1.29, 1.82) is 0 Å². The van der Waals surface area contributed by atoms with Crippen molar-refractivity contribution >= 4 is 17.7 Å². The van der Waals surface area contributed by atoms with Gasteiger partial charge in [-0.3, -0.25) is 14.4 Å². The van der Waals surface area contributed by atoms with Gasteiger partial charge in [-0.15, -0.1) is 0 Å². The van der Waals surface area contributed by atoms with E-state index in [1.807, 2.05) is 0 Å². The molecule has 0 bridgehead atoms. The van der Waals surface area contributed by atoms with Gasteiger partial charge in [0, 0.05) is 6.42 Å². The highest BCUT2D eigenvalue weighted by Gasteiger charge is 2.34. The molecule has 0 aliphatic carbocycles. The van der Waals surface area contributed by atoms with Crippen LogP contribution in [0.5, 0.6) is 0 Å². The van der Waals surface area contributed by atoms with Crippen LogP contribution in [0.4, 0.5) is 0 Å². The van der Waals surface area contributed by atoms with Crippen LogP contribution in [-0.2, 0) is 23.9 Å². The lowest BCUT2D eigenvalue weighted by atomic mass is 9.98. The van der Waals surface area contributed by atoms with E-state index in [0.29, 0.717) is 19.4 Å². The molecule has 1 unspecified atom stereocenters. The first-order chi connectivity index (χ1) is 8.65. The van der Waals surface area contributed by atoms with Crippen molar-refractivity contribution in [2.75, 3.05) is 13.2 Å². The quantitative estimate of drug-likeness (QED) is 0.375. The summed E-state index contributed by atoms with van der Waals surface area (Å²) in [5, 5.41) is 0. The molecule has 0 N–H and O–H groups in total. The van der Waals surface area contributed by atoms with Crippen LogP contribution in [-0.4, -0.2) is 30.9 Å². The summed E-state index contributed by atoms with van der Waals surface area (Å²) in [5.74, 6) is -1.19. The van der Waals surface area contributed by atoms with E-state index < -0.39 is 5.92 Å². The second-order valence-electron chi connectivity index (χ2n) is 4.38. The highest BCUT2D eigenvalue weighted by molar-refractivity contribution is 6.04. The van der Waals surface area contributed by atoms with E-state index in [2.05, 4.69) is 4.74 Å². The molecule has 0 aromatic rings. The molecule has 0 aromatic heterocycles. The average Bonchev–Trinajstić information content (AvgIpc) is 2.65. The first-order valence-electron chi connectivity index (χ1n) is 6.50. The summed E-state index contributed by atoms with van der Waals surface area (Å²) in [6.07, 6.45) is 4.44. The molecule has 102 valence electrons. The summed E-state index contributed by atoms with van der Waals surface area (Å²) in [6.45, 7) is 2.15. The van der Waals surface area contributed by atoms with Crippen molar-refractivity contribution in [2.45, 2.75) is 45.4 Å². The van der Waals surface area contributed by atoms with Crippen LogP contribution in [0.2, 0.25) is 0 Å². The third-order valence-electron chi connectivity index (χ3n) is 2.96. The SMILES string of the molecule is CCOC(=O)CCCCCCC1C(=O)COC1=O. The molecule has 1 atom stereocenters. The van der Waals surface area contributed by atoms with Crippen LogP contribution < -0.4 is 0 Å². The number of esters is 2. The summed E-state index contributed by atoms with van der Waals surface area (Å²) in [5.41, 5.74) is 0. The smallest absolute Gasteiger partial charge is 0.317 e. The van der Waals surface area contributed by atoms with Crippen molar-refractivity contribution in [3.05, 3.63) is 0 Å². The van der Waals surface area contributed by atoms with E-state index in [9.17, 15) is 14.4 Å². The van der Waals surface area contributed by atoms with Gasteiger partial charge >= 0.3 is 11.9 Å². The van der Waals surface area contributed by atoms with Crippen LogP contribution in [0.25, 0.3) is 0 Å². The van der Waals surface area contributed by atoms with Gasteiger partial charge in [0.1, 0.15) is 5.92 Å². The van der Waals surface area contributed by atoms with Crippen LogP contribution in [0.1, 0.15) is 45.4 Å². The Morgan fingerprint density at radius 3 is 2.61 bits per heavy atom. The van der Waals surface area contributed by atoms with Gasteiger partial charge in [0.05, 0.1) is 6.61 Å². The van der Waals surface area contributed by atoms with Crippen molar-refractivity contribution < 1.29 is 23.9 Å². The maximum Gasteiger partial charge on any atom is 0.317 e. The minimum absolute atomic E-state index is 0.0631. The summed E-state index contributed by atoms with van der Waals surface area (Å²) < 4.78 is 9.48. The van der Waals surface area contributed by atoms with Gasteiger partial charge in [0.15, 0.2) is 12.4 Å². The molecule has 1 fully saturated rings. The third-order valence-corrected chi connectivity index (χ3v) is 2.96. The summed E-state index contributed by atoms with van der Waals surface area (Å²) >= 11 is 0. The number of ketones is 1. The lowest BCUT2D eigenvalue weighted by molar-refractivity contribution is -0.143. The van der Waals surface area contributed by atoms with Crippen molar-refractivity contribution in [3.8, 4) is 0 Å². The molecule has 1 rings (SSSR count). The van der Waals surface area contributed by atoms with Crippen LogP contribution in [0, 0.1) is 5.92 Å². The number of Topliss-reactive ketones (excluding diaryl/α,β-unsaturated/α-hetero) is 1. The van der Waals surface area contributed by atoms with Gasteiger partial charge < -0.3 is 9.47 Å². The second-order valence-corrected chi connectivity index (χ2v) is 4.38. The van der Waals surface area contributed by atoms with Crippen LogP contribution >= 0.6 is 0 Å². The molecular weight excluding hydrogens is 236 g/mol. The van der Waals surface area contributed by atoms with Crippen LogP contribution in [0.3, 0.4) is 0 Å². The zero-order valence-electron chi connectivity index (χ0n) is 10.8. The van der Waals surface area contributed by atoms with Gasteiger partial charge in [0.25, 0.3) is 0 Å². The highest BCUT2D eigenvalue weighted by atomic mass is 16.5. The van der Waals surface area contributed by atoms with Gasteiger partial charge in [-0.2, -0.15) is 0 Å². The molecule has 18 heavy (non-hydrogen) atoms. The average molecular weight is 256 g/mol. The Kier molecular flexibility index (Phi) is 6.39. The molecule has 0 saturated carbocycles. The maximum atomic E-state index is 11.3. The fraction of sp³-hybridized carbons (Fsp3) is 0.769. The molecule has 0 aromatic carbocycles. The number of rotatable bonds is 8. The lowest BCUT2D eigenvalue weighted by Gasteiger charge is -2.04. The number of carbonyl (C=O) groups excluding carboxylic acids is 3. The maximum absolute atomic E-state index is 11.3. The van der Waals surface area contributed by atoms with Gasteiger partial charge in [0.2, 0.25) is 0 Å². The largest absolute Gasteiger partial charge is 0.466 e. The Hall–Kier alpha value is -1.39. The Morgan fingerprint density at radius 2 is 2.00 bits per heavy atom. The van der Waals surface area contributed by atoms with Crippen molar-refractivity contribution in [2.24, 2.45) is 5.92 Å². The summed E-state index contributed by atoms with van der Waals surface area (Å²) in [4.78, 5) is 33.5. The minimum atomic E-state index is -0.546. The Morgan fingerprint density at radius 1 is 1.28 bits per heavy atom. The Balaban J connectivity index is 2.00. The number of hydrogen-bond donors (Lipinski definition) is 0. The molecule has 0 radical (unpaired) electrons. The van der Waals surface area contributed by atoms with E-state index >= 15 is 0 Å². The molecule has 5 nitrogen and oxygen atoms in total. The zero-order valence-corrected chi connectivity index (χ0v) is 10.8. The molecule has 0 amide bonds. The van der Waals surface area contributed by atoms with Crippen LogP contribution in [0.15, 0.2) is 0 Å². The first kappa shape index (κ1) is 14.7. The number of carbonyl (C=O) groups is 3. The standard InChI is InChI=1S/C13H20O5/c1-2-17-12(15)8-6-4-3-5-7-10-11(14)9-18-13(10)16/h10H,2-9H2,1H3. The fourth-order valence-electron chi connectivity index (χ4n) is 1.96. The topological polar surface area (TPSA) is 69.7 Å². The first-order valence-corrected chi connectivity index (χ1v) is 6.50. The van der Waals surface area contributed by atoms with E-state index in [1.165, 1.54) is 0 Å². The summed E-state index contributed by atoms with van der Waals surface area (Å²) in [6, 6.07) is 0. The predicted octanol–water partition coefficient (Wildman–Crippen LogP) is 1.63. The van der Waals surface area contributed by atoms with E-state index in [0.717, 1.165) is 25.7 Å². The minimum Gasteiger partial charge on any atom is -0.466 e. The third kappa shape index (κ3) is 4.85. The highest BCUT2D eigenvalue weighted by Crippen LogP contribution is 2.18. The molecular formula is C13H20O5. The second kappa shape index (κ2) is 7.84. The lowest BCUT2D eigenvalue weighted by Crippen LogP contribution is -2.15. The monoisotopic (exact) mass is 256 g/mol. The van der Waals surface area contributed by atoms with E-state index in [1.54, 1.807) is 6.92 Å². The van der Waals surface area contributed by atoms with Crippen molar-refractivity contribution in [3.63, 3.8) is 0 Å². The van der Waals surface area contributed by atoms with Crippen molar-refractivity contribution in [1.82, 2.24) is 0 Å². The zero-order chi connectivity index (χ0) is 13.4. The predicted molar refractivity (Wildman–Crippen MR) is 63.8 cm³/mol. The molecule has 1 aliphatic rings. The van der Waals surface area contributed by atoms with E-state index in [4.69, 9.17) is 4.74 Å². The number of hydrogen-bond acceptors (Lipinski definition) is 5. The molecule has 1 aliphatic heterocycles. The molecule has 1 saturated heterocycles. The van der Waals surface area contributed by atoms with E-state index in [-0.39, 0.29) is 24.3 Å². The molecule has 0 spiro atoms. The number of cyclic esters (lactones) is 1. The Bertz CT molecular complexity index is 295. The molecule has 5 heteroatoms.